The van der Waals surface area contributed by atoms with Crippen molar-refractivity contribution < 1.29 is 0 Å². The van der Waals surface area contributed by atoms with Crippen molar-refractivity contribution in [2.45, 2.75) is 6.92 Å². The van der Waals surface area contributed by atoms with E-state index in [1.807, 2.05) is 20.0 Å². The van der Waals surface area contributed by atoms with Gasteiger partial charge in [-0.05, 0) is 24.6 Å². The number of nitrogens with one attached hydrogen (secondary N) is 2. The molecule has 3 heteroatoms. The maximum Gasteiger partial charge on any atom is 0.0649 e. The smallest absolute Gasteiger partial charge is 0.0649 e. The highest BCUT2D eigenvalue weighted by Gasteiger charge is 2.09. The van der Waals surface area contributed by atoms with Crippen LogP contribution in [0.1, 0.15) is 6.92 Å². The maximum absolute atomic E-state index is 7.60. The predicted octanol–water partition coefficient (Wildman–Crippen LogP) is 0.912. The Balaban J connectivity index is 3.03. The van der Waals surface area contributed by atoms with Gasteiger partial charge in [0.2, 0.25) is 0 Å². The Labute approximate surface area is 72.2 Å². The third-order valence-electron chi connectivity index (χ3n) is 1.70. The van der Waals surface area contributed by atoms with Crippen molar-refractivity contribution >= 4 is 5.71 Å². The maximum atomic E-state index is 7.60. The summed E-state index contributed by atoms with van der Waals surface area (Å²) in [6, 6.07) is 0. The Kier molecular flexibility index (Phi) is 2.33. The molecule has 64 valence electrons. The second kappa shape index (κ2) is 3.26. The second-order valence-electron chi connectivity index (χ2n) is 2.73. The molecule has 0 heterocycles. The molecule has 0 aromatic carbocycles. The lowest BCUT2D eigenvalue weighted by atomic mass is 9.97. The molecule has 0 aromatic rings. The summed E-state index contributed by atoms with van der Waals surface area (Å²) in [6.45, 7) is 1.94. The van der Waals surface area contributed by atoms with Gasteiger partial charge in [0.05, 0.1) is 5.71 Å². The van der Waals surface area contributed by atoms with E-state index in [-0.39, 0.29) is 0 Å². The van der Waals surface area contributed by atoms with Crippen molar-refractivity contribution in [1.29, 1.82) is 5.41 Å². The van der Waals surface area contributed by atoms with Gasteiger partial charge in [0.1, 0.15) is 0 Å². The summed E-state index contributed by atoms with van der Waals surface area (Å²) in [4.78, 5) is 0. The summed E-state index contributed by atoms with van der Waals surface area (Å²) in [5.41, 5.74) is 8.59. The van der Waals surface area contributed by atoms with Gasteiger partial charge in [-0.2, -0.15) is 0 Å². The molecular weight excluding hydrogens is 150 g/mol. The molecule has 0 aliphatic heterocycles. The van der Waals surface area contributed by atoms with Gasteiger partial charge in [-0.3, -0.25) is 0 Å². The molecule has 1 aliphatic rings. The molecule has 12 heavy (non-hydrogen) atoms. The lowest BCUT2D eigenvalue weighted by Gasteiger charge is -2.12. The summed E-state index contributed by atoms with van der Waals surface area (Å²) in [5.74, 6) is 0. The lowest BCUT2D eigenvalue weighted by molar-refractivity contribution is 1.09. The zero-order chi connectivity index (χ0) is 9.14. The Hall–Kier alpha value is -1.51. The second-order valence-corrected chi connectivity index (χ2v) is 2.73. The minimum absolute atomic E-state index is 0.460. The van der Waals surface area contributed by atoms with E-state index < -0.39 is 0 Å². The van der Waals surface area contributed by atoms with Gasteiger partial charge in [0.15, 0.2) is 0 Å². The van der Waals surface area contributed by atoms with E-state index in [1.165, 1.54) is 0 Å². The van der Waals surface area contributed by atoms with Gasteiger partial charge in [-0.1, -0.05) is 0 Å². The Morgan fingerprint density at radius 3 is 2.67 bits per heavy atom. The van der Waals surface area contributed by atoms with Crippen molar-refractivity contribution in [3.8, 4) is 0 Å². The zero-order valence-corrected chi connectivity index (χ0v) is 7.31. The number of hydrogen-bond acceptors (Lipinski definition) is 3. The van der Waals surface area contributed by atoms with Crippen LogP contribution in [-0.4, -0.2) is 12.8 Å². The molecule has 0 saturated heterocycles. The van der Waals surface area contributed by atoms with Crippen LogP contribution in [-0.2, 0) is 0 Å². The molecule has 1 aliphatic carbocycles. The van der Waals surface area contributed by atoms with E-state index in [0.717, 1.165) is 11.1 Å². The summed E-state index contributed by atoms with van der Waals surface area (Å²) in [7, 11) is 1.81. The fourth-order valence-corrected chi connectivity index (χ4v) is 1.16. The third-order valence-corrected chi connectivity index (χ3v) is 1.70. The summed E-state index contributed by atoms with van der Waals surface area (Å²) < 4.78 is 0. The summed E-state index contributed by atoms with van der Waals surface area (Å²) in [5, 5.41) is 10.5. The molecular formula is C9H13N3. The van der Waals surface area contributed by atoms with Crippen molar-refractivity contribution in [3.63, 3.8) is 0 Å². The van der Waals surface area contributed by atoms with E-state index in [9.17, 15) is 0 Å². The topological polar surface area (TPSA) is 61.9 Å². The van der Waals surface area contributed by atoms with Crippen LogP contribution in [0.15, 0.2) is 35.2 Å². The van der Waals surface area contributed by atoms with E-state index in [1.54, 1.807) is 12.3 Å². The van der Waals surface area contributed by atoms with E-state index >= 15 is 0 Å². The van der Waals surface area contributed by atoms with Crippen LogP contribution in [0.25, 0.3) is 0 Å². The van der Waals surface area contributed by atoms with E-state index in [4.69, 9.17) is 11.1 Å². The molecule has 0 fully saturated rings. The predicted molar refractivity (Wildman–Crippen MR) is 50.9 cm³/mol. The SMILES string of the molecule is CN/C=C1\C(=N)C=C(N)C=C1C. The van der Waals surface area contributed by atoms with E-state index in [0.29, 0.717) is 11.4 Å². The summed E-state index contributed by atoms with van der Waals surface area (Å²) in [6.07, 6.45) is 5.31. The highest BCUT2D eigenvalue weighted by atomic mass is 14.8. The van der Waals surface area contributed by atoms with Gasteiger partial charge in [0.25, 0.3) is 0 Å². The molecule has 0 saturated carbocycles. The minimum atomic E-state index is 0.460. The standard InChI is InChI=1S/C9H13N3/c1-6-3-7(10)4-9(11)8(6)5-12-2/h3-5,11-12H,10H2,1-2H3/b8-5-,11-9?. The van der Waals surface area contributed by atoms with Crippen molar-refractivity contribution in [1.82, 2.24) is 5.32 Å². The number of rotatable bonds is 1. The Morgan fingerprint density at radius 2 is 2.17 bits per heavy atom. The molecule has 0 bridgehead atoms. The number of nitrogens with two attached hydrogens (primary N) is 1. The van der Waals surface area contributed by atoms with Crippen molar-refractivity contribution in [2.75, 3.05) is 7.05 Å². The minimum Gasteiger partial charge on any atom is -0.399 e. The van der Waals surface area contributed by atoms with Gasteiger partial charge >= 0.3 is 0 Å². The molecule has 0 spiro atoms. The summed E-state index contributed by atoms with van der Waals surface area (Å²) >= 11 is 0. The van der Waals surface area contributed by atoms with Gasteiger partial charge in [-0.15, -0.1) is 0 Å². The normalized spacial score (nSPS) is 20.5. The average Bonchev–Trinajstić information content (AvgIpc) is 1.96. The Morgan fingerprint density at radius 1 is 1.50 bits per heavy atom. The third kappa shape index (κ3) is 1.56. The molecule has 0 atom stereocenters. The van der Waals surface area contributed by atoms with Crippen LogP contribution in [0.5, 0.6) is 0 Å². The molecule has 3 nitrogen and oxygen atoms in total. The van der Waals surface area contributed by atoms with Crippen LogP contribution < -0.4 is 11.1 Å². The number of allylic oxidation sites excluding steroid dienone is 4. The monoisotopic (exact) mass is 163 g/mol. The average molecular weight is 163 g/mol. The molecule has 0 unspecified atom stereocenters. The molecule has 0 radical (unpaired) electrons. The van der Waals surface area contributed by atoms with Crippen molar-refractivity contribution in [2.24, 2.45) is 5.73 Å². The van der Waals surface area contributed by atoms with Crippen LogP contribution in [0, 0.1) is 5.41 Å². The van der Waals surface area contributed by atoms with E-state index in [2.05, 4.69) is 5.32 Å². The van der Waals surface area contributed by atoms with Crippen molar-refractivity contribution in [3.05, 3.63) is 35.2 Å². The first-order valence-corrected chi connectivity index (χ1v) is 3.77. The fourth-order valence-electron chi connectivity index (χ4n) is 1.16. The molecule has 0 aromatic heterocycles. The quantitative estimate of drug-likeness (QED) is 0.538. The molecule has 4 N–H and O–H groups in total. The van der Waals surface area contributed by atoms with Gasteiger partial charge < -0.3 is 16.5 Å². The largest absolute Gasteiger partial charge is 0.399 e. The zero-order valence-electron chi connectivity index (χ0n) is 7.31. The Bertz CT molecular complexity index is 295. The highest BCUT2D eigenvalue weighted by molar-refractivity contribution is 6.11. The van der Waals surface area contributed by atoms with Crippen LogP contribution in [0.4, 0.5) is 0 Å². The number of hydrogen-bond donors (Lipinski definition) is 3. The van der Waals surface area contributed by atoms with Gasteiger partial charge in [-0.25, -0.2) is 0 Å². The molecule has 1 rings (SSSR count). The first kappa shape index (κ1) is 8.59. The first-order chi connectivity index (χ1) is 5.65. The lowest BCUT2D eigenvalue weighted by Crippen LogP contribution is -2.12. The van der Waals surface area contributed by atoms with Crippen LogP contribution in [0.2, 0.25) is 0 Å². The van der Waals surface area contributed by atoms with Crippen LogP contribution >= 0.6 is 0 Å². The fraction of sp³-hybridized carbons (Fsp3) is 0.222. The first-order valence-electron chi connectivity index (χ1n) is 3.77. The highest BCUT2D eigenvalue weighted by Crippen LogP contribution is 2.17. The van der Waals surface area contributed by atoms with Gasteiger partial charge in [0, 0.05) is 24.5 Å². The molecule has 0 amide bonds. The van der Waals surface area contributed by atoms with Crippen LogP contribution in [0.3, 0.4) is 0 Å².